The molecule has 0 radical (unpaired) electrons. The van der Waals surface area contributed by atoms with Gasteiger partial charge in [0.1, 0.15) is 5.75 Å². The van der Waals surface area contributed by atoms with E-state index in [2.05, 4.69) is 46.9 Å². The second kappa shape index (κ2) is 11.3. The van der Waals surface area contributed by atoms with E-state index in [0.717, 1.165) is 31.7 Å². The van der Waals surface area contributed by atoms with Gasteiger partial charge in [0.2, 0.25) is 0 Å². The maximum Gasteiger partial charge on any atom is 0.188 e. The Morgan fingerprint density at radius 2 is 2.04 bits per heavy atom. The third-order valence-electron chi connectivity index (χ3n) is 3.57. The molecule has 0 bridgehead atoms. The van der Waals surface area contributed by atoms with Gasteiger partial charge in [0.25, 0.3) is 0 Å². The molecule has 1 aromatic heterocycles. The van der Waals surface area contributed by atoms with Crippen LogP contribution in [0, 0.1) is 5.92 Å². The predicted molar refractivity (Wildman–Crippen MR) is 114 cm³/mol. The first-order chi connectivity index (χ1) is 11.2. The van der Waals surface area contributed by atoms with Gasteiger partial charge in [-0.2, -0.15) is 0 Å². The van der Waals surface area contributed by atoms with Crippen LogP contribution in [-0.4, -0.2) is 26.2 Å². The van der Waals surface area contributed by atoms with Crippen molar-refractivity contribution >= 4 is 41.3 Å². The van der Waals surface area contributed by atoms with Gasteiger partial charge >= 0.3 is 0 Å². The number of hydrogen-bond donors (Lipinski definition) is 2. The zero-order chi connectivity index (χ0) is 16.5. The molecule has 1 aromatic carbocycles. The van der Waals surface area contributed by atoms with Crippen LogP contribution in [-0.2, 0) is 12.8 Å². The zero-order valence-corrected chi connectivity index (χ0v) is 17.3. The third-order valence-corrected chi connectivity index (χ3v) is 4.51. The van der Waals surface area contributed by atoms with Gasteiger partial charge in [0, 0.05) is 18.0 Å². The molecular formula is C18H26IN3OS. The quantitative estimate of drug-likeness (QED) is 0.360. The highest BCUT2D eigenvalue weighted by Gasteiger charge is 2.04. The monoisotopic (exact) mass is 459 g/mol. The Hall–Kier alpha value is -1.28. The van der Waals surface area contributed by atoms with Crippen LogP contribution >= 0.6 is 35.3 Å². The van der Waals surface area contributed by atoms with Crippen molar-refractivity contribution in [2.45, 2.75) is 19.8 Å². The van der Waals surface area contributed by atoms with Crippen LogP contribution in [0.5, 0.6) is 5.75 Å². The van der Waals surface area contributed by atoms with Crippen LogP contribution in [0.2, 0.25) is 0 Å². The van der Waals surface area contributed by atoms with Crippen LogP contribution in [0.4, 0.5) is 0 Å². The summed E-state index contributed by atoms with van der Waals surface area (Å²) in [5, 5.41) is 5.26. The summed E-state index contributed by atoms with van der Waals surface area (Å²) < 4.78 is 5.17. The van der Waals surface area contributed by atoms with E-state index in [1.165, 1.54) is 10.4 Å². The minimum atomic E-state index is 0. The van der Waals surface area contributed by atoms with Gasteiger partial charge in [-0.3, -0.25) is 4.99 Å². The number of ether oxygens (including phenoxy) is 1. The first-order valence-corrected chi connectivity index (χ1v) is 8.74. The second-order valence-corrected chi connectivity index (χ2v) is 6.67. The Balaban J connectivity index is 0.00000288. The van der Waals surface area contributed by atoms with Crippen molar-refractivity contribution in [1.29, 1.82) is 0 Å². The lowest BCUT2D eigenvalue weighted by molar-refractivity contribution is 0.414. The first-order valence-electron chi connectivity index (χ1n) is 7.86. The van der Waals surface area contributed by atoms with Crippen molar-refractivity contribution in [2.24, 2.45) is 16.6 Å². The van der Waals surface area contributed by atoms with E-state index in [1.807, 2.05) is 12.1 Å². The Morgan fingerprint density at radius 1 is 1.29 bits per heavy atom. The summed E-state index contributed by atoms with van der Waals surface area (Å²) in [6.07, 6.45) is 1.96. The molecule has 0 saturated carbocycles. The molecule has 4 nitrogen and oxygen atoms in total. The number of guanidine groups is 1. The van der Waals surface area contributed by atoms with Gasteiger partial charge in [-0.05, 0) is 47.9 Å². The van der Waals surface area contributed by atoms with Crippen LogP contribution in [0.1, 0.15) is 17.4 Å². The SMILES string of the molecule is COc1ccc(CC(C)CN=C(N)NCCc2cccs2)cc1.I. The van der Waals surface area contributed by atoms with Gasteiger partial charge in [0.15, 0.2) is 5.96 Å². The number of nitrogens with zero attached hydrogens (tertiary/aromatic N) is 1. The van der Waals surface area contributed by atoms with Crippen molar-refractivity contribution in [1.82, 2.24) is 5.32 Å². The van der Waals surface area contributed by atoms with Gasteiger partial charge in [-0.1, -0.05) is 25.1 Å². The molecule has 1 heterocycles. The molecule has 0 aliphatic heterocycles. The minimum absolute atomic E-state index is 0. The van der Waals surface area contributed by atoms with E-state index in [0.29, 0.717) is 11.9 Å². The Labute approximate surface area is 165 Å². The number of nitrogens with one attached hydrogen (secondary N) is 1. The molecule has 0 amide bonds. The normalized spacial score (nSPS) is 12.3. The van der Waals surface area contributed by atoms with E-state index in [-0.39, 0.29) is 24.0 Å². The number of benzene rings is 1. The molecule has 1 atom stereocenters. The Morgan fingerprint density at radius 3 is 2.67 bits per heavy atom. The van der Waals surface area contributed by atoms with Crippen molar-refractivity contribution in [3.05, 3.63) is 52.2 Å². The number of hydrogen-bond acceptors (Lipinski definition) is 3. The molecular weight excluding hydrogens is 433 g/mol. The molecule has 3 N–H and O–H groups in total. The van der Waals surface area contributed by atoms with Crippen molar-refractivity contribution in [2.75, 3.05) is 20.2 Å². The van der Waals surface area contributed by atoms with E-state index in [4.69, 9.17) is 10.5 Å². The van der Waals surface area contributed by atoms with Gasteiger partial charge < -0.3 is 15.8 Å². The summed E-state index contributed by atoms with van der Waals surface area (Å²) in [7, 11) is 1.68. The molecule has 0 fully saturated rings. The molecule has 6 heteroatoms. The third kappa shape index (κ3) is 7.53. The average molecular weight is 459 g/mol. The minimum Gasteiger partial charge on any atom is -0.497 e. The summed E-state index contributed by atoms with van der Waals surface area (Å²) in [6.45, 7) is 3.74. The average Bonchev–Trinajstić information content (AvgIpc) is 3.07. The lowest BCUT2D eigenvalue weighted by atomic mass is 10.0. The van der Waals surface area contributed by atoms with Crippen molar-refractivity contribution < 1.29 is 4.74 Å². The summed E-state index contributed by atoms with van der Waals surface area (Å²) in [5.74, 6) is 1.86. The highest BCUT2D eigenvalue weighted by molar-refractivity contribution is 14.0. The van der Waals surface area contributed by atoms with Gasteiger partial charge in [0.05, 0.1) is 7.11 Å². The smallest absolute Gasteiger partial charge is 0.188 e. The highest BCUT2D eigenvalue weighted by atomic mass is 127. The molecule has 2 rings (SSSR count). The van der Waals surface area contributed by atoms with Crippen LogP contribution in [0.15, 0.2) is 46.8 Å². The molecule has 0 aliphatic rings. The van der Waals surface area contributed by atoms with Crippen LogP contribution < -0.4 is 15.8 Å². The van der Waals surface area contributed by atoms with Crippen LogP contribution in [0.25, 0.3) is 0 Å². The number of nitrogens with two attached hydrogens (primary N) is 1. The maximum absolute atomic E-state index is 5.92. The van der Waals surface area contributed by atoms with E-state index < -0.39 is 0 Å². The molecule has 2 aromatic rings. The Bertz CT molecular complexity index is 599. The predicted octanol–water partition coefficient (Wildman–Crippen LogP) is 3.70. The largest absolute Gasteiger partial charge is 0.497 e. The number of rotatable bonds is 8. The summed E-state index contributed by atoms with van der Waals surface area (Å²) >= 11 is 1.77. The van der Waals surface area contributed by atoms with Gasteiger partial charge in [-0.25, -0.2) is 0 Å². The second-order valence-electron chi connectivity index (χ2n) is 5.64. The Kier molecular flexibility index (Phi) is 9.78. The number of aliphatic imine (C=N–C) groups is 1. The fourth-order valence-corrected chi connectivity index (χ4v) is 3.02. The lowest BCUT2D eigenvalue weighted by Gasteiger charge is -2.10. The first kappa shape index (κ1) is 20.8. The van der Waals surface area contributed by atoms with Crippen molar-refractivity contribution in [3.63, 3.8) is 0 Å². The lowest BCUT2D eigenvalue weighted by Crippen LogP contribution is -2.33. The molecule has 24 heavy (non-hydrogen) atoms. The van der Waals surface area contributed by atoms with Crippen LogP contribution in [0.3, 0.4) is 0 Å². The molecule has 132 valence electrons. The fraction of sp³-hybridized carbons (Fsp3) is 0.389. The molecule has 0 spiro atoms. The fourth-order valence-electron chi connectivity index (χ4n) is 2.31. The van der Waals surface area contributed by atoms with Gasteiger partial charge in [-0.15, -0.1) is 35.3 Å². The molecule has 0 saturated heterocycles. The summed E-state index contributed by atoms with van der Waals surface area (Å²) in [6, 6.07) is 12.4. The number of halogens is 1. The standard InChI is InChI=1S/C18H25N3OS.HI/c1-14(12-15-5-7-16(22-2)8-6-15)13-21-18(19)20-10-9-17-4-3-11-23-17;/h3-8,11,14H,9-10,12-13H2,1-2H3,(H3,19,20,21);1H. The molecule has 0 aliphatic carbocycles. The van der Waals surface area contributed by atoms with E-state index in [9.17, 15) is 0 Å². The summed E-state index contributed by atoms with van der Waals surface area (Å²) in [4.78, 5) is 5.79. The topological polar surface area (TPSA) is 59.6 Å². The summed E-state index contributed by atoms with van der Waals surface area (Å²) in [5.41, 5.74) is 7.21. The molecule has 1 unspecified atom stereocenters. The van der Waals surface area contributed by atoms with E-state index in [1.54, 1.807) is 18.4 Å². The van der Waals surface area contributed by atoms with Crippen molar-refractivity contribution in [3.8, 4) is 5.75 Å². The maximum atomic E-state index is 5.92. The number of thiophene rings is 1. The van der Waals surface area contributed by atoms with E-state index >= 15 is 0 Å². The highest BCUT2D eigenvalue weighted by Crippen LogP contribution is 2.14. The number of methoxy groups -OCH3 is 1. The zero-order valence-electron chi connectivity index (χ0n) is 14.2.